The van der Waals surface area contributed by atoms with Gasteiger partial charge in [-0.15, -0.1) is 0 Å². The highest BCUT2D eigenvalue weighted by molar-refractivity contribution is 7.16. The molecule has 1 N–H and O–H groups in total. The molecule has 0 saturated heterocycles. The van der Waals surface area contributed by atoms with Gasteiger partial charge >= 0.3 is 0 Å². The molecule has 0 spiro atoms. The van der Waals surface area contributed by atoms with E-state index in [1.807, 2.05) is 15.7 Å². The molecular weight excluding hydrogens is 366 g/mol. The van der Waals surface area contributed by atoms with E-state index >= 15 is 0 Å². The largest absolute Gasteiger partial charge is 0.337 e. The fourth-order valence-corrected chi connectivity index (χ4v) is 5.46. The Labute approximate surface area is 161 Å². The average Bonchev–Trinajstić information content (AvgIpc) is 3.39. The average molecular weight is 390 g/mol. The minimum absolute atomic E-state index is 0.123. The third-order valence-electron chi connectivity index (χ3n) is 5.33. The second kappa shape index (κ2) is 7.88. The third kappa shape index (κ3) is 3.99. The molecule has 1 aliphatic heterocycles. The number of fused-ring (bicyclic) bond motifs is 1. The molecule has 2 aromatic heterocycles. The van der Waals surface area contributed by atoms with Crippen LogP contribution in [0.25, 0.3) is 0 Å². The van der Waals surface area contributed by atoms with Crippen LogP contribution in [0.5, 0.6) is 0 Å². The lowest BCUT2D eigenvalue weighted by Gasteiger charge is -2.26. The van der Waals surface area contributed by atoms with E-state index < -0.39 is 0 Å². The summed E-state index contributed by atoms with van der Waals surface area (Å²) in [5.74, 6) is 0.892. The summed E-state index contributed by atoms with van der Waals surface area (Å²) < 4.78 is 0. The number of thiophene rings is 1. The zero-order chi connectivity index (χ0) is 17.9. The Morgan fingerprint density at radius 2 is 2.15 bits per heavy atom. The van der Waals surface area contributed by atoms with E-state index in [1.54, 1.807) is 6.07 Å². The highest BCUT2D eigenvalue weighted by atomic mass is 32.1. The van der Waals surface area contributed by atoms with Crippen LogP contribution in [-0.2, 0) is 17.8 Å². The van der Waals surface area contributed by atoms with Crippen molar-refractivity contribution in [1.29, 1.82) is 0 Å². The van der Waals surface area contributed by atoms with Crippen molar-refractivity contribution in [2.45, 2.75) is 51.5 Å². The summed E-state index contributed by atoms with van der Waals surface area (Å²) in [5, 5.41) is 7.22. The third-order valence-corrected chi connectivity index (χ3v) is 7.01. The van der Waals surface area contributed by atoms with Crippen LogP contribution in [0.4, 0.5) is 5.13 Å². The molecule has 0 unspecified atom stereocenters. The highest BCUT2D eigenvalue weighted by Gasteiger charge is 2.25. The number of carbonyl (C=O) groups excluding carboxylic acids is 2. The van der Waals surface area contributed by atoms with E-state index in [0.717, 1.165) is 35.9 Å². The number of rotatable bonds is 5. The van der Waals surface area contributed by atoms with E-state index in [4.69, 9.17) is 0 Å². The van der Waals surface area contributed by atoms with Gasteiger partial charge < -0.3 is 4.90 Å². The van der Waals surface area contributed by atoms with Crippen LogP contribution in [0, 0.1) is 5.92 Å². The summed E-state index contributed by atoms with van der Waals surface area (Å²) >= 11 is 2.99. The summed E-state index contributed by atoms with van der Waals surface area (Å²) in [4.78, 5) is 32.3. The van der Waals surface area contributed by atoms with Crippen molar-refractivity contribution in [1.82, 2.24) is 9.88 Å². The smallest absolute Gasteiger partial charge is 0.258 e. The quantitative estimate of drug-likeness (QED) is 0.829. The van der Waals surface area contributed by atoms with E-state index in [0.29, 0.717) is 23.7 Å². The maximum atomic E-state index is 12.5. The van der Waals surface area contributed by atoms with Crippen LogP contribution in [-0.4, -0.2) is 28.2 Å². The normalized spacial score (nSPS) is 17.3. The fourth-order valence-electron chi connectivity index (χ4n) is 3.81. The molecule has 3 heterocycles. The van der Waals surface area contributed by atoms with E-state index in [-0.39, 0.29) is 11.8 Å². The van der Waals surface area contributed by atoms with E-state index in [2.05, 4.69) is 10.3 Å². The lowest BCUT2D eigenvalue weighted by Crippen LogP contribution is -2.35. The summed E-state index contributed by atoms with van der Waals surface area (Å²) in [5.41, 5.74) is 1.68. The predicted molar refractivity (Wildman–Crippen MR) is 105 cm³/mol. The standard InChI is InChI=1S/C19H23N3O2S2/c23-17(6-5-13-3-1-2-4-13)22-9-7-15-16(11-22)26-19(20-15)21-18(24)14-8-10-25-12-14/h8,10,12-13H,1-7,9,11H2,(H,20,21,24). The maximum Gasteiger partial charge on any atom is 0.258 e. The molecule has 7 heteroatoms. The van der Waals surface area contributed by atoms with Crippen LogP contribution in [0.2, 0.25) is 0 Å². The molecule has 138 valence electrons. The summed E-state index contributed by atoms with van der Waals surface area (Å²) in [6.45, 7) is 1.36. The molecule has 1 saturated carbocycles. The number of hydrogen-bond donors (Lipinski definition) is 1. The summed E-state index contributed by atoms with van der Waals surface area (Å²) in [7, 11) is 0. The van der Waals surface area contributed by atoms with Crippen molar-refractivity contribution >= 4 is 39.6 Å². The fraction of sp³-hybridized carbons (Fsp3) is 0.526. The van der Waals surface area contributed by atoms with Crippen molar-refractivity contribution in [3.63, 3.8) is 0 Å². The molecule has 2 aliphatic rings. The van der Waals surface area contributed by atoms with Crippen LogP contribution in [0.15, 0.2) is 16.8 Å². The monoisotopic (exact) mass is 389 g/mol. The first-order chi connectivity index (χ1) is 12.7. The Balaban J connectivity index is 1.34. The van der Waals surface area contributed by atoms with Gasteiger partial charge in [0, 0.05) is 29.6 Å². The van der Waals surface area contributed by atoms with Gasteiger partial charge in [0.15, 0.2) is 5.13 Å². The number of amides is 2. The first kappa shape index (κ1) is 17.7. The minimum atomic E-state index is -0.123. The maximum absolute atomic E-state index is 12.5. The van der Waals surface area contributed by atoms with Gasteiger partial charge in [0.2, 0.25) is 5.91 Å². The van der Waals surface area contributed by atoms with Crippen molar-refractivity contribution in [2.75, 3.05) is 11.9 Å². The van der Waals surface area contributed by atoms with Crippen LogP contribution < -0.4 is 5.32 Å². The van der Waals surface area contributed by atoms with Crippen LogP contribution >= 0.6 is 22.7 Å². The number of nitrogens with zero attached hydrogens (tertiary/aromatic N) is 2. The second-order valence-electron chi connectivity index (χ2n) is 7.11. The first-order valence-electron chi connectivity index (χ1n) is 9.29. The Bertz CT molecular complexity index is 779. The molecule has 0 radical (unpaired) electrons. The van der Waals surface area contributed by atoms with Crippen LogP contribution in [0.3, 0.4) is 0 Å². The molecule has 1 aliphatic carbocycles. The van der Waals surface area contributed by atoms with Gasteiger partial charge in [-0.2, -0.15) is 11.3 Å². The zero-order valence-corrected chi connectivity index (χ0v) is 16.3. The van der Waals surface area contributed by atoms with Crippen molar-refractivity contribution in [3.8, 4) is 0 Å². The number of anilines is 1. The van der Waals surface area contributed by atoms with Gasteiger partial charge in [-0.3, -0.25) is 14.9 Å². The van der Waals surface area contributed by atoms with Gasteiger partial charge in [-0.1, -0.05) is 37.0 Å². The predicted octanol–water partition coefficient (Wildman–Crippen LogP) is 4.31. The van der Waals surface area contributed by atoms with Gasteiger partial charge in [0.1, 0.15) is 0 Å². The van der Waals surface area contributed by atoms with E-state index in [1.165, 1.54) is 48.4 Å². The number of hydrogen-bond acceptors (Lipinski definition) is 5. The van der Waals surface area contributed by atoms with Gasteiger partial charge in [-0.25, -0.2) is 4.98 Å². The molecule has 26 heavy (non-hydrogen) atoms. The lowest BCUT2D eigenvalue weighted by molar-refractivity contribution is -0.132. The molecule has 4 rings (SSSR count). The molecule has 0 atom stereocenters. The number of nitrogens with one attached hydrogen (secondary N) is 1. The molecule has 0 bridgehead atoms. The van der Waals surface area contributed by atoms with E-state index in [9.17, 15) is 9.59 Å². The highest BCUT2D eigenvalue weighted by Crippen LogP contribution is 2.31. The van der Waals surface area contributed by atoms with Gasteiger partial charge in [0.05, 0.1) is 17.8 Å². The lowest BCUT2D eigenvalue weighted by atomic mass is 10.0. The van der Waals surface area contributed by atoms with Crippen molar-refractivity contribution in [2.24, 2.45) is 5.92 Å². The number of aromatic nitrogens is 1. The molecule has 2 aromatic rings. The van der Waals surface area contributed by atoms with Crippen molar-refractivity contribution in [3.05, 3.63) is 33.0 Å². The Kier molecular flexibility index (Phi) is 5.36. The second-order valence-corrected chi connectivity index (χ2v) is 8.97. The number of thiazole rings is 1. The van der Waals surface area contributed by atoms with Gasteiger partial charge in [-0.05, 0) is 23.8 Å². The first-order valence-corrected chi connectivity index (χ1v) is 11.0. The summed E-state index contributed by atoms with van der Waals surface area (Å²) in [6, 6.07) is 1.80. The molecule has 1 fully saturated rings. The summed E-state index contributed by atoms with van der Waals surface area (Å²) in [6.07, 6.45) is 7.71. The van der Waals surface area contributed by atoms with Crippen molar-refractivity contribution < 1.29 is 9.59 Å². The molecule has 2 amide bonds. The minimum Gasteiger partial charge on any atom is -0.337 e. The topological polar surface area (TPSA) is 62.3 Å². The van der Waals surface area contributed by atoms with Gasteiger partial charge in [0.25, 0.3) is 5.91 Å². The van der Waals surface area contributed by atoms with Crippen LogP contribution in [0.1, 0.15) is 59.5 Å². The Morgan fingerprint density at radius 3 is 2.92 bits per heavy atom. The zero-order valence-electron chi connectivity index (χ0n) is 14.7. The Hall–Kier alpha value is -1.73. The Morgan fingerprint density at radius 1 is 1.31 bits per heavy atom. The molecular formula is C19H23N3O2S2. The molecule has 0 aromatic carbocycles. The molecule has 5 nitrogen and oxygen atoms in total. The number of carbonyl (C=O) groups is 2. The SMILES string of the molecule is O=C(Nc1nc2c(s1)CN(C(=O)CCC1CCCC1)CC2)c1ccsc1.